The number of ether oxygens (including phenoxy) is 1. The maximum Gasteiger partial charge on any atom is 0.340 e. The molecule has 0 N–H and O–H groups in total. The lowest BCUT2D eigenvalue weighted by atomic mass is 10.0. The Morgan fingerprint density at radius 2 is 1.95 bits per heavy atom. The Bertz CT molecular complexity index is 693. The number of nitrogens with zero attached hydrogens (tertiary/aromatic N) is 2. The Morgan fingerprint density at radius 3 is 2.60 bits per heavy atom. The smallest absolute Gasteiger partial charge is 0.340 e. The van der Waals surface area contributed by atoms with Gasteiger partial charge in [-0.15, -0.1) is 0 Å². The second-order valence-electron chi connectivity index (χ2n) is 4.28. The van der Waals surface area contributed by atoms with Crippen LogP contribution in [0.2, 0.25) is 0 Å². The summed E-state index contributed by atoms with van der Waals surface area (Å²) in [5, 5.41) is 0. The number of hydrogen-bond donors (Lipinski definition) is 0. The number of benzene rings is 1. The zero-order valence-corrected chi connectivity index (χ0v) is 10.9. The van der Waals surface area contributed by atoms with Crippen LogP contribution in [0.5, 0.6) is 0 Å². The molecule has 1 aromatic rings. The van der Waals surface area contributed by atoms with Crippen LogP contribution in [-0.2, 0) is 9.53 Å². The van der Waals surface area contributed by atoms with Crippen LogP contribution in [0, 0.1) is 0 Å². The minimum atomic E-state index is -0.394. The number of allylic oxidation sites excluding steroid dienone is 3. The molecule has 4 nitrogen and oxygen atoms in total. The van der Waals surface area contributed by atoms with E-state index < -0.39 is 5.97 Å². The van der Waals surface area contributed by atoms with Gasteiger partial charge in [0, 0.05) is 11.8 Å². The summed E-state index contributed by atoms with van der Waals surface area (Å²) in [5.74, 6) is -0.394. The Hall–Kier alpha value is -2.75. The highest BCUT2D eigenvalue weighted by atomic mass is 16.5. The molecule has 1 aromatic carbocycles. The molecule has 0 aliphatic carbocycles. The number of esters is 1. The van der Waals surface area contributed by atoms with E-state index in [1.54, 1.807) is 12.3 Å². The summed E-state index contributed by atoms with van der Waals surface area (Å²) < 4.78 is 4.83. The van der Waals surface area contributed by atoms with Gasteiger partial charge in [0.25, 0.3) is 0 Å². The highest BCUT2D eigenvalue weighted by molar-refractivity contribution is 6.28. The molecule has 3 rings (SSSR count). The van der Waals surface area contributed by atoms with Crippen LogP contribution in [0.15, 0.2) is 75.5 Å². The minimum Gasteiger partial charge on any atom is -0.465 e. The van der Waals surface area contributed by atoms with E-state index in [2.05, 4.69) is 9.98 Å². The van der Waals surface area contributed by atoms with Crippen LogP contribution in [0.1, 0.15) is 5.56 Å². The van der Waals surface area contributed by atoms with Gasteiger partial charge in [0.1, 0.15) is 0 Å². The van der Waals surface area contributed by atoms with E-state index in [1.807, 2.05) is 42.5 Å². The van der Waals surface area contributed by atoms with Gasteiger partial charge in [0.15, 0.2) is 0 Å². The molecule has 2 aliphatic rings. The van der Waals surface area contributed by atoms with E-state index in [1.165, 1.54) is 7.11 Å². The summed E-state index contributed by atoms with van der Waals surface area (Å²) in [4.78, 5) is 20.6. The standard InChI is InChI=1S/C16H12N2O2/c1-20-16(19)12-10-14(13-8-5-9-17-13)18-15(12)11-6-3-2-4-7-11/h2-10H,1H3. The first-order valence-electron chi connectivity index (χ1n) is 6.19. The molecule has 98 valence electrons. The van der Waals surface area contributed by atoms with Crippen LogP contribution >= 0.6 is 0 Å². The van der Waals surface area contributed by atoms with Gasteiger partial charge in [-0.25, -0.2) is 9.79 Å². The molecule has 0 fully saturated rings. The van der Waals surface area contributed by atoms with E-state index >= 15 is 0 Å². The number of aliphatic imine (C=N–C) groups is 2. The monoisotopic (exact) mass is 264 g/mol. The van der Waals surface area contributed by atoms with Gasteiger partial charge >= 0.3 is 5.97 Å². The molecule has 20 heavy (non-hydrogen) atoms. The Labute approximate surface area is 116 Å². The fraction of sp³-hybridized carbons (Fsp3) is 0.0625. The quantitative estimate of drug-likeness (QED) is 0.770. The van der Waals surface area contributed by atoms with Gasteiger partial charge < -0.3 is 4.74 Å². The number of methoxy groups -OCH3 is 1. The Kier molecular flexibility index (Phi) is 3.13. The third kappa shape index (κ3) is 2.12. The SMILES string of the molecule is COC(=O)C1=CC(=C2C=CC=N2)N=C1c1ccccc1. The molecule has 0 saturated carbocycles. The molecule has 0 amide bonds. The Balaban J connectivity index is 2.11. The summed E-state index contributed by atoms with van der Waals surface area (Å²) in [6, 6.07) is 9.56. The molecule has 4 heteroatoms. The van der Waals surface area contributed by atoms with Gasteiger partial charge in [0.05, 0.1) is 29.8 Å². The first kappa shape index (κ1) is 12.3. The van der Waals surface area contributed by atoms with Crippen LogP contribution in [0.3, 0.4) is 0 Å². The molecule has 2 aliphatic heterocycles. The number of rotatable bonds is 2. The minimum absolute atomic E-state index is 0.394. The van der Waals surface area contributed by atoms with Crippen LogP contribution in [0.25, 0.3) is 0 Å². The second kappa shape index (κ2) is 5.09. The van der Waals surface area contributed by atoms with Gasteiger partial charge in [-0.2, -0.15) is 0 Å². The van der Waals surface area contributed by atoms with Crippen molar-refractivity contribution in [3.63, 3.8) is 0 Å². The molecular weight excluding hydrogens is 252 g/mol. The topological polar surface area (TPSA) is 51.0 Å². The molecule has 0 spiro atoms. The molecule has 0 saturated heterocycles. The molecular formula is C16H12N2O2. The molecule has 0 bridgehead atoms. The van der Waals surface area contributed by atoms with Crippen LogP contribution < -0.4 is 0 Å². The lowest BCUT2D eigenvalue weighted by Crippen LogP contribution is -2.13. The van der Waals surface area contributed by atoms with Crippen molar-refractivity contribution in [2.75, 3.05) is 7.11 Å². The van der Waals surface area contributed by atoms with Crippen molar-refractivity contribution in [3.05, 3.63) is 71.1 Å². The summed E-state index contributed by atoms with van der Waals surface area (Å²) >= 11 is 0. The van der Waals surface area contributed by atoms with E-state index in [9.17, 15) is 4.79 Å². The Morgan fingerprint density at radius 1 is 1.15 bits per heavy atom. The van der Waals surface area contributed by atoms with Gasteiger partial charge in [-0.05, 0) is 18.2 Å². The maximum absolute atomic E-state index is 11.9. The van der Waals surface area contributed by atoms with E-state index in [-0.39, 0.29) is 0 Å². The summed E-state index contributed by atoms with van der Waals surface area (Å²) in [6.45, 7) is 0. The third-order valence-electron chi connectivity index (χ3n) is 3.04. The third-order valence-corrected chi connectivity index (χ3v) is 3.04. The molecule has 2 heterocycles. The summed E-state index contributed by atoms with van der Waals surface area (Å²) in [5.41, 5.74) is 3.38. The van der Waals surface area contributed by atoms with Gasteiger partial charge in [-0.3, -0.25) is 4.99 Å². The average Bonchev–Trinajstić information content (AvgIpc) is 3.16. The lowest BCUT2D eigenvalue weighted by Gasteiger charge is -2.04. The van der Waals surface area contributed by atoms with E-state index in [0.717, 1.165) is 11.3 Å². The number of carbonyl (C=O) groups is 1. The maximum atomic E-state index is 11.9. The molecule has 0 aromatic heterocycles. The predicted octanol–water partition coefficient (Wildman–Crippen LogP) is 2.44. The highest BCUT2D eigenvalue weighted by Gasteiger charge is 2.25. The second-order valence-corrected chi connectivity index (χ2v) is 4.28. The average molecular weight is 264 g/mol. The van der Waals surface area contributed by atoms with Crippen LogP contribution in [-0.4, -0.2) is 25.0 Å². The van der Waals surface area contributed by atoms with E-state index in [4.69, 9.17) is 4.74 Å². The van der Waals surface area contributed by atoms with Crippen molar-refractivity contribution in [3.8, 4) is 0 Å². The van der Waals surface area contributed by atoms with Crippen molar-refractivity contribution in [2.45, 2.75) is 0 Å². The molecule has 0 unspecified atom stereocenters. The van der Waals surface area contributed by atoms with Gasteiger partial charge in [-0.1, -0.05) is 30.3 Å². The number of hydrogen-bond acceptors (Lipinski definition) is 4. The summed E-state index contributed by atoms with van der Waals surface area (Å²) in [6.07, 6.45) is 7.11. The molecule has 0 radical (unpaired) electrons. The summed E-state index contributed by atoms with van der Waals surface area (Å²) in [7, 11) is 1.37. The zero-order chi connectivity index (χ0) is 13.9. The normalized spacial score (nSPS) is 20.1. The highest BCUT2D eigenvalue weighted by Crippen LogP contribution is 2.26. The molecule has 0 atom stereocenters. The van der Waals surface area contributed by atoms with Crippen molar-refractivity contribution in [1.29, 1.82) is 0 Å². The van der Waals surface area contributed by atoms with Crippen molar-refractivity contribution in [2.24, 2.45) is 9.98 Å². The lowest BCUT2D eigenvalue weighted by molar-refractivity contribution is -0.135. The van der Waals surface area contributed by atoms with Crippen molar-refractivity contribution >= 4 is 17.9 Å². The first-order valence-corrected chi connectivity index (χ1v) is 6.19. The zero-order valence-electron chi connectivity index (χ0n) is 10.9. The van der Waals surface area contributed by atoms with Crippen molar-refractivity contribution < 1.29 is 9.53 Å². The van der Waals surface area contributed by atoms with E-state index in [0.29, 0.717) is 17.0 Å². The fourth-order valence-corrected chi connectivity index (χ4v) is 2.08. The van der Waals surface area contributed by atoms with Crippen molar-refractivity contribution in [1.82, 2.24) is 0 Å². The fourth-order valence-electron chi connectivity index (χ4n) is 2.08. The van der Waals surface area contributed by atoms with Gasteiger partial charge in [0.2, 0.25) is 0 Å². The number of carbonyl (C=O) groups excluding carboxylic acids is 1. The van der Waals surface area contributed by atoms with Crippen LogP contribution in [0.4, 0.5) is 0 Å². The largest absolute Gasteiger partial charge is 0.465 e. The predicted molar refractivity (Wildman–Crippen MR) is 77.7 cm³/mol. The first-order chi connectivity index (χ1) is 9.79.